The number of hydrogen-bond donors (Lipinski definition) is 1. The standard InChI is InChI=1S/C17H15ClF2N2O4S2/c18-13-10-12(2-4-14(13)19)21-17(23)11-1-3-15(20)16(9-11)28(25,26)22-5-7-27(24)8-6-22/h1-4,9-10H,5-8H2,(H,21,23). The predicted octanol–water partition coefficient (Wildman–Crippen LogP) is 2.62. The first-order valence-corrected chi connectivity index (χ1v) is 11.4. The highest BCUT2D eigenvalue weighted by molar-refractivity contribution is 7.92. The number of carbonyl (C=O) groups is 1. The Hall–Kier alpha value is -1.72. The Morgan fingerprint density at radius 1 is 1.11 bits per heavy atom. The fourth-order valence-corrected chi connectivity index (χ4v) is 5.62. The smallest absolute Gasteiger partial charge is 0.255 e. The van der Waals surface area contributed by atoms with E-state index in [0.29, 0.717) is 0 Å². The number of halogens is 3. The van der Waals surface area contributed by atoms with Crippen LogP contribution in [-0.4, -0.2) is 47.8 Å². The lowest BCUT2D eigenvalue weighted by Gasteiger charge is -2.27. The third kappa shape index (κ3) is 4.47. The maximum absolute atomic E-state index is 14.2. The summed E-state index contributed by atoms with van der Waals surface area (Å²) in [6.07, 6.45) is 0. The Labute approximate surface area is 168 Å². The minimum atomic E-state index is -4.18. The Balaban J connectivity index is 1.86. The van der Waals surface area contributed by atoms with Gasteiger partial charge in [0, 0.05) is 11.3 Å². The van der Waals surface area contributed by atoms with E-state index in [4.69, 9.17) is 11.6 Å². The fourth-order valence-electron chi connectivity index (χ4n) is 2.62. The zero-order chi connectivity index (χ0) is 20.5. The first kappa shape index (κ1) is 21.0. The van der Waals surface area contributed by atoms with E-state index in [9.17, 15) is 26.5 Å². The first-order chi connectivity index (χ1) is 13.2. The quantitative estimate of drug-likeness (QED) is 0.728. The average molecular weight is 449 g/mol. The summed E-state index contributed by atoms with van der Waals surface area (Å²) in [6, 6.07) is 6.52. The molecular formula is C17H15ClF2N2O4S2. The summed E-state index contributed by atoms with van der Waals surface area (Å²) in [6.45, 7) is 0.0256. The van der Waals surface area contributed by atoms with Crippen molar-refractivity contribution in [3.05, 3.63) is 58.6 Å². The fraction of sp³-hybridized carbons (Fsp3) is 0.235. The summed E-state index contributed by atoms with van der Waals surface area (Å²) in [5, 5.41) is 2.26. The number of nitrogens with one attached hydrogen (secondary N) is 1. The van der Waals surface area contributed by atoms with Gasteiger partial charge >= 0.3 is 0 Å². The van der Waals surface area contributed by atoms with Crippen molar-refractivity contribution >= 4 is 44.4 Å². The van der Waals surface area contributed by atoms with Gasteiger partial charge in [0.1, 0.15) is 28.0 Å². The second-order valence-electron chi connectivity index (χ2n) is 5.98. The minimum absolute atomic E-state index is 0.0128. The molecule has 11 heteroatoms. The Bertz CT molecular complexity index is 1010. The van der Waals surface area contributed by atoms with Gasteiger partial charge in [-0.2, -0.15) is 4.31 Å². The second kappa shape index (κ2) is 8.34. The number of sulfonamides is 1. The van der Waals surface area contributed by atoms with Crippen molar-refractivity contribution in [3.63, 3.8) is 0 Å². The average Bonchev–Trinajstić information content (AvgIpc) is 2.65. The van der Waals surface area contributed by atoms with Crippen LogP contribution in [0.1, 0.15) is 10.4 Å². The van der Waals surface area contributed by atoms with Crippen molar-refractivity contribution in [1.29, 1.82) is 0 Å². The molecule has 0 unspecified atom stereocenters. The van der Waals surface area contributed by atoms with Crippen molar-refractivity contribution in [2.24, 2.45) is 0 Å². The van der Waals surface area contributed by atoms with Gasteiger partial charge in [0.05, 0.1) is 18.1 Å². The number of amides is 1. The van der Waals surface area contributed by atoms with E-state index in [0.717, 1.165) is 28.6 Å². The molecule has 0 bridgehead atoms. The molecular weight excluding hydrogens is 434 g/mol. The highest BCUT2D eigenvalue weighted by Gasteiger charge is 2.33. The number of hydrogen-bond acceptors (Lipinski definition) is 4. The van der Waals surface area contributed by atoms with Gasteiger partial charge < -0.3 is 9.87 Å². The zero-order valence-corrected chi connectivity index (χ0v) is 16.7. The van der Waals surface area contributed by atoms with E-state index in [1.165, 1.54) is 12.1 Å². The van der Waals surface area contributed by atoms with Gasteiger partial charge in [0.2, 0.25) is 10.0 Å². The normalized spacial score (nSPS) is 16.1. The molecule has 0 saturated carbocycles. The molecule has 0 atom stereocenters. The van der Waals surface area contributed by atoms with Crippen molar-refractivity contribution < 1.29 is 26.5 Å². The zero-order valence-electron chi connectivity index (χ0n) is 14.3. The molecule has 1 fully saturated rings. The van der Waals surface area contributed by atoms with E-state index < -0.39 is 43.6 Å². The number of anilines is 1. The molecule has 1 N–H and O–H groups in total. The first-order valence-electron chi connectivity index (χ1n) is 8.09. The highest BCUT2D eigenvalue weighted by Crippen LogP contribution is 2.24. The maximum Gasteiger partial charge on any atom is 0.255 e. The third-order valence-corrected chi connectivity index (χ3v) is 7.60. The lowest BCUT2D eigenvalue weighted by Crippen LogP contribution is -2.43. The van der Waals surface area contributed by atoms with Crippen LogP contribution < -0.4 is 5.32 Å². The molecule has 6 nitrogen and oxygen atoms in total. The molecule has 1 aliphatic heterocycles. The highest BCUT2D eigenvalue weighted by atomic mass is 35.5. The lowest BCUT2D eigenvalue weighted by atomic mass is 10.2. The van der Waals surface area contributed by atoms with Gasteiger partial charge in [-0.1, -0.05) is 22.8 Å². The van der Waals surface area contributed by atoms with Crippen molar-refractivity contribution in [3.8, 4) is 0 Å². The van der Waals surface area contributed by atoms with Crippen LogP contribution in [0.4, 0.5) is 14.5 Å². The molecule has 3 rings (SSSR count). The van der Waals surface area contributed by atoms with Crippen molar-refractivity contribution in [1.82, 2.24) is 4.31 Å². The summed E-state index contributed by atoms with van der Waals surface area (Å²) in [4.78, 5) is 11.8. The molecule has 1 heterocycles. The number of rotatable bonds is 4. The third-order valence-electron chi connectivity index (χ3n) is 4.13. The van der Waals surface area contributed by atoms with Gasteiger partial charge in [0.15, 0.2) is 0 Å². The van der Waals surface area contributed by atoms with E-state index in [1.54, 1.807) is 0 Å². The van der Waals surface area contributed by atoms with E-state index in [-0.39, 0.29) is 40.9 Å². The summed E-state index contributed by atoms with van der Waals surface area (Å²) in [5.41, 5.74) is 0.102. The Morgan fingerprint density at radius 3 is 2.39 bits per heavy atom. The van der Waals surface area contributed by atoms with Crippen LogP contribution >= 0.6 is 11.6 Å². The molecule has 1 amide bonds. The van der Waals surface area contributed by atoms with Crippen LogP contribution in [0.5, 0.6) is 0 Å². The minimum Gasteiger partial charge on any atom is -0.616 e. The Kier molecular flexibility index (Phi) is 6.25. The maximum atomic E-state index is 14.2. The van der Waals surface area contributed by atoms with Crippen LogP contribution in [0.2, 0.25) is 5.02 Å². The molecule has 2 aromatic carbocycles. The molecule has 1 aliphatic rings. The molecule has 1 saturated heterocycles. The molecule has 0 spiro atoms. The van der Waals surface area contributed by atoms with Gasteiger partial charge in [-0.05, 0) is 36.4 Å². The lowest BCUT2D eigenvalue weighted by molar-refractivity contribution is 0.102. The van der Waals surface area contributed by atoms with Gasteiger partial charge in [-0.25, -0.2) is 17.2 Å². The van der Waals surface area contributed by atoms with Crippen molar-refractivity contribution in [2.75, 3.05) is 29.9 Å². The molecule has 0 aromatic heterocycles. The number of carbonyl (C=O) groups excluding carboxylic acids is 1. The van der Waals surface area contributed by atoms with Crippen LogP contribution in [-0.2, 0) is 21.2 Å². The number of benzene rings is 2. The summed E-state index contributed by atoms with van der Waals surface area (Å²) < 4.78 is 65.4. The van der Waals surface area contributed by atoms with Gasteiger partial charge in [-0.15, -0.1) is 0 Å². The molecule has 2 aromatic rings. The Morgan fingerprint density at radius 2 is 1.75 bits per heavy atom. The van der Waals surface area contributed by atoms with Gasteiger partial charge in [-0.3, -0.25) is 4.79 Å². The molecule has 0 aliphatic carbocycles. The van der Waals surface area contributed by atoms with E-state index in [2.05, 4.69) is 5.32 Å². The molecule has 0 radical (unpaired) electrons. The van der Waals surface area contributed by atoms with Crippen LogP contribution in [0, 0.1) is 11.6 Å². The molecule has 150 valence electrons. The predicted molar refractivity (Wildman–Crippen MR) is 102 cm³/mol. The van der Waals surface area contributed by atoms with Crippen LogP contribution in [0.15, 0.2) is 41.3 Å². The molecule has 28 heavy (non-hydrogen) atoms. The van der Waals surface area contributed by atoms with Crippen LogP contribution in [0.3, 0.4) is 0 Å². The summed E-state index contributed by atoms with van der Waals surface area (Å²) >= 11 is 4.57. The van der Waals surface area contributed by atoms with Gasteiger partial charge in [0.25, 0.3) is 5.91 Å². The largest absolute Gasteiger partial charge is 0.616 e. The second-order valence-corrected chi connectivity index (χ2v) is 9.99. The van der Waals surface area contributed by atoms with Crippen molar-refractivity contribution in [2.45, 2.75) is 4.90 Å². The number of nitrogens with zero attached hydrogens (tertiary/aromatic N) is 1. The topological polar surface area (TPSA) is 89.5 Å². The summed E-state index contributed by atoms with van der Waals surface area (Å²) in [5.74, 6) is -2.01. The van der Waals surface area contributed by atoms with E-state index >= 15 is 0 Å². The monoisotopic (exact) mass is 448 g/mol. The SMILES string of the molecule is O=C(Nc1ccc(F)c(Cl)c1)c1ccc(F)c(S(=O)(=O)N2CC[S+]([O-])CC2)c1. The van der Waals surface area contributed by atoms with E-state index in [1.807, 2.05) is 0 Å². The summed E-state index contributed by atoms with van der Waals surface area (Å²) in [7, 11) is -4.18. The van der Waals surface area contributed by atoms with Crippen LogP contribution in [0.25, 0.3) is 0 Å².